The minimum Gasteiger partial charge on any atom is -0.497 e. The Morgan fingerprint density at radius 3 is 2.65 bits per heavy atom. The van der Waals surface area contributed by atoms with Crippen LogP contribution in [0.15, 0.2) is 48.7 Å². The maximum absolute atomic E-state index is 13.0. The Morgan fingerprint density at radius 1 is 1.18 bits per heavy atom. The number of hydrogen-bond donors (Lipinski definition) is 2. The molecule has 1 aliphatic rings. The molecule has 0 aliphatic heterocycles. The highest BCUT2D eigenvalue weighted by molar-refractivity contribution is 7.80. The number of hydrogen-bond acceptors (Lipinski definition) is 5. The lowest BCUT2D eigenvalue weighted by molar-refractivity contribution is -0.140. The third kappa shape index (κ3) is 5.49. The summed E-state index contributed by atoms with van der Waals surface area (Å²) in [6.07, 6.45) is -0.414. The number of fused-ring (bicyclic) bond motifs is 1. The fourth-order valence-corrected chi connectivity index (χ4v) is 4.40. The molecule has 2 aromatic heterocycles. The van der Waals surface area contributed by atoms with Gasteiger partial charge in [-0.3, -0.25) is 9.20 Å². The summed E-state index contributed by atoms with van der Waals surface area (Å²) in [6, 6.07) is 11.7. The summed E-state index contributed by atoms with van der Waals surface area (Å²) in [5.74, 6) is 1.31. The van der Waals surface area contributed by atoms with Crippen molar-refractivity contribution >= 4 is 34.5 Å². The van der Waals surface area contributed by atoms with Gasteiger partial charge in [-0.1, -0.05) is 18.3 Å². The monoisotopic (exact) mass is 490 g/mol. The third-order valence-corrected chi connectivity index (χ3v) is 6.55. The van der Waals surface area contributed by atoms with Crippen molar-refractivity contribution in [1.29, 1.82) is 0 Å². The minimum atomic E-state index is -4.49. The summed E-state index contributed by atoms with van der Waals surface area (Å²) >= 11 is 5.58. The first-order valence-electron chi connectivity index (χ1n) is 11.0. The van der Waals surface area contributed by atoms with Crippen molar-refractivity contribution in [1.82, 2.24) is 14.7 Å². The normalized spacial score (nSPS) is 19.0. The number of amides is 1. The molecule has 4 rings (SSSR count). The highest BCUT2D eigenvalue weighted by atomic mass is 32.1. The van der Waals surface area contributed by atoms with Crippen LogP contribution in [0.25, 0.3) is 5.65 Å². The van der Waals surface area contributed by atoms with Crippen molar-refractivity contribution < 1.29 is 22.7 Å². The number of nitrogens with zero attached hydrogens (tertiary/aromatic N) is 2. The van der Waals surface area contributed by atoms with Gasteiger partial charge in [0.2, 0.25) is 0 Å². The number of halogens is 3. The van der Waals surface area contributed by atoms with Gasteiger partial charge in [-0.05, 0) is 68.0 Å². The van der Waals surface area contributed by atoms with Gasteiger partial charge in [-0.25, -0.2) is 4.98 Å². The quantitative estimate of drug-likeness (QED) is 0.370. The van der Waals surface area contributed by atoms with E-state index in [1.807, 2.05) is 0 Å². The first kappa shape index (κ1) is 24.0. The van der Waals surface area contributed by atoms with E-state index in [-0.39, 0.29) is 23.5 Å². The maximum atomic E-state index is 13.0. The Bertz CT molecular complexity index is 1180. The summed E-state index contributed by atoms with van der Waals surface area (Å²) in [5, 5.41) is 6.31. The number of ether oxygens (including phenoxy) is 1. The smallest absolute Gasteiger partial charge is 0.434 e. The van der Waals surface area contributed by atoms with Gasteiger partial charge in [0.05, 0.1) is 13.2 Å². The highest BCUT2D eigenvalue weighted by Gasteiger charge is 2.34. The zero-order valence-corrected chi connectivity index (χ0v) is 19.4. The molecular weight excluding hydrogens is 465 g/mol. The van der Waals surface area contributed by atoms with Crippen molar-refractivity contribution in [3.8, 4) is 5.75 Å². The number of thiocarbonyl (C=S) groups is 1. The lowest BCUT2D eigenvalue weighted by Gasteiger charge is -2.18. The highest BCUT2D eigenvalue weighted by Crippen LogP contribution is 2.30. The van der Waals surface area contributed by atoms with E-state index < -0.39 is 11.9 Å². The number of imidazole rings is 1. The number of rotatable bonds is 6. The van der Waals surface area contributed by atoms with Crippen LogP contribution in [0.4, 0.5) is 19.0 Å². The van der Waals surface area contributed by atoms with E-state index in [2.05, 4.69) is 15.6 Å². The second-order valence-electron chi connectivity index (χ2n) is 8.35. The van der Waals surface area contributed by atoms with E-state index in [0.717, 1.165) is 23.9 Å². The molecule has 1 saturated carbocycles. The SMILES string of the molecule is COc1ccc(C(=O)N[C@H]2CC[C@@H](CNc3cccc4nc(C(F)(F)F)cn34)CCC2=S)cc1. The van der Waals surface area contributed by atoms with Gasteiger partial charge in [-0.15, -0.1) is 0 Å². The van der Waals surface area contributed by atoms with Crippen molar-refractivity contribution in [3.05, 3.63) is 59.9 Å². The van der Waals surface area contributed by atoms with E-state index in [4.69, 9.17) is 17.0 Å². The topological polar surface area (TPSA) is 67.7 Å². The fourth-order valence-electron chi connectivity index (χ4n) is 4.11. The standard InChI is InChI=1S/C24H25F3N4O2S/c1-33-17-9-7-16(8-10-17)23(32)29-18-11-5-15(6-12-19(18)34)13-28-21-3-2-4-22-30-20(14-31(21)22)24(25,26)27/h2-4,7-10,14-15,18,28H,5-6,11-13H2,1H3,(H,29,32)/t15-,18+/m1/s1. The molecule has 0 unspecified atom stereocenters. The fraction of sp³-hybridized carbons (Fsp3) is 0.375. The Labute approximate surface area is 200 Å². The van der Waals surface area contributed by atoms with Crippen LogP contribution < -0.4 is 15.4 Å². The predicted molar refractivity (Wildman–Crippen MR) is 127 cm³/mol. The van der Waals surface area contributed by atoms with Crippen LogP contribution in [-0.4, -0.2) is 39.9 Å². The number of pyridine rings is 1. The zero-order valence-electron chi connectivity index (χ0n) is 18.6. The summed E-state index contributed by atoms with van der Waals surface area (Å²) in [5.41, 5.74) is -0.143. The van der Waals surface area contributed by atoms with Crippen molar-refractivity contribution in [2.45, 2.75) is 37.9 Å². The molecule has 6 nitrogen and oxygen atoms in total. The molecule has 1 amide bonds. The largest absolute Gasteiger partial charge is 0.497 e. The number of anilines is 1. The van der Waals surface area contributed by atoms with E-state index >= 15 is 0 Å². The molecular formula is C24H25F3N4O2S. The Hall–Kier alpha value is -3.14. The van der Waals surface area contributed by atoms with Crippen molar-refractivity contribution in [2.75, 3.05) is 19.0 Å². The van der Waals surface area contributed by atoms with E-state index in [1.54, 1.807) is 49.6 Å². The number of nitrogens with one attached hydrogen (secondary N) is 2. The Morgan fingerprint density at radius 2 is 1.94 bits per heavy atom. The van der Waals surface area contributed by atoms with Crippen LogP contribution >= 0.6 is 12.2 Å². The molecule has 0 radical (unpaired) electrons. The summed E-state index contributed by atoms with van der Waals surface area (Å²) in [6.45, 7) is 0.584. The number of aromatic nitrogens is 2. The maximum Gasteiger partial charge on any atom is 0.434 e. The number of benzene rings is 1. The number of carbonyl (C=O) groups is 1. The molecule has 2 atom stereocenters. The summed E-state index contributed by atoms with van der Waals surface area (Å²) < 4.78 is 45.7. The zero-order chi connectivity index (χ0) is 24.3. The van der Waals surface area contributed by atoms with Crippen molar-refractivity contribution in [2.24, 2.45) is 5.92 Å². The average Bonchev–Trinajstić information content (AvgIpc) is 3.21. The molecule has 3 aromatic rings. The van der Waals surface area contributed by atoms with E-state index in [9.17, 15) is 18.0 Å². The van der Waals surface area contributed by atoms with E-state index in [1.165, 1.54) is 4.40 Å². The molecule has 0 saturated heterocycles. The molecule has 2 heterocycles. The minimum absolute atomic E-state index is 0.182. The summed E-state index contributed by atoms with van der Waals surface area (Å²) in [4.78, 5) is 17.1. The van der Waals surface area contributed by atoms with Crippen LogP contribution in [0.3, 0.4) is 0 Å². The van der Waals surface area contributed by atoms with Crippen LogP contribution in [-0.2, 0) is 6.18 Å². The van der Waals surface area contributed by atoms with Crippen LogP contribution in [0.5, 0.6) is 5.75 Å². The first-order chi connectivity index (χ1) is 16.2. The van der Waals surface area contributed by atoms with Crippen molar-refractivity contribution in [3.63, 3.8) is 0 Å². The number of alkyl halides is 3. The van der Waals surface area contributed by atoms with Gasteiger partial charge in [0.1, 0.15) is 17.2 Å². The molecule has 2 N–H and O–H groups in total. The lowest BCUT2D eigenvalue weighted by Crippen LogP contribution is -2.39. The van der Waals surface area contributed by atoms with Gasteiger partial charge in [-0.2, -0.15) is 13.2 Å². The summed E-state index contributed by atoms with van der Waals surface area (Å²) in [7, 11) is 1.57. The molecule has 1 aromatic carbocycles. The average molecular weight is 491 g/mol. The van der Waals surface area contributed by atoms with Gasteiger partial charge >= 0.3 is 6.18 Å². The second-order valence-corrected chi connectivity index (χ2v) is 8.87. The van der Waals surface area contributed by atoms with E-state index in [0.29, 0.717) is 36.5 Å². The molecule has 0 spiro atoms. The van der Waals surface area contributed by atoms with Crippen LogP contribution in [0, 0.1) is 5.92 Å². The predicted octanol–water partition coefficient (Wildman–Crippen LogP) is 5.13. The third-order valence-electron chi connectivity index (χ3n) is 6.06. The lowest BCUT2D eigenvalue weighted by atomic mass is 10.0. The first-order valence-corrected chi connectivity index (χ1v) is 11.4. The Balaban J connectivity index is 1.36. The molecule has 1 aliphatic carbocycles. The number of methoxy groups -OCH3 is 1. The molecule has 180 valence electrons. The van der Waals surface area contributed by atoms with Gasteiger partial charge in [0.25, 0.3) is 5.91 Å². The van der Waals surface area contributed by atoms with Crippen LogP contribution in [0.1, 0.15) is 41.7 Å². The van der Waals surface area contributed by atoms with Gasteiger partial charge in [0.15, 0.2) is 5.69 Å². The number of carbonyl (C=O) groups excluding carboxylic acids is 1. The van der Waals surface area contributed by atoms with Gasteiger partial charge in [0, 0.05) is 23.2 Å². The molecule has 34 heavy (non-hydrogen) atoms. The van der Waals surface area contributed by atoms with Crippen LogP contribution in [0.2, 0.25) is 0 Å². The molecule has 0 bridgehead atoms. The molecule has 10 heteroatoms. The Kier molecular flexibility index (Phi) is 7.06. The second kappa shape index (κ2) is 10.0. The van der Waals surface area contributed by atoms with Gasteiger partial charge < -0.3 is 15.4 Å². The molecule has 1 fully saturated rings.